The van der Waals surface area contributed by atoms with Gasteiger partial charge in [0.2, 0.25) is 0 Å². The fourth-order valence-corrected chi connectivity index (χ4v) is 2.16. The molecule has 0 aromatic heterocycles. The van der Waals surface area contributed by atoms with Crippen molar-refractivity contribution in [3.8, 4) is 0 Å². The Morgan fingerprint density at radius 3 is 2.73 bits per heavy atom. The summed E-state index contributed by atoms with van der Waals surface area (Å²) in [6, 6.07) is 0. The molecule has 0 spiro atoms. The van der Waals surface area contributed by atoms with Crippen LogP contribution in [0.1, 0.15) is 0 Å². The largest absolute Gasteiger partial charge is 0.416 e. The highest BCUT2D eigenvalue weighted by Gasteiger charge is 2.37. The number of rotatable bonds is 0. The molecule has 15 heavy (non-hydrogen) atoms. The van der Waals surface area contributed by atoms with E-state index in [1.165, 1.54) is 0 Å². The van der Waals surface area contributed by atoms with E-state index in [0.717, 1.165) is 12.2 Å². The lowest BCUT2D eigenvalue weighted by Crippen LogP contribution is -2.26. The first-order valence-corrected chi connectivity index (χ1v) is 5.25. The van der Waals surface area contributed by atoms with Crippen LogP contribution in [-0.2, 0) is 0 Å². The van der Waals surface area contributed by atoms with E-state index in [1.807, 2.05) is 0 Å². The first-order chi connectivity index (χ1) is 6.88. The van der Waals surface area contributed by atoms with Gasteiger partial charge >= 0.3 is 6.18 Å². The summed E-state index contributed by atoms with van der Waals surface area (Å²) in [5.41, 5.74) is 0.111. The third-order valence-corrected chi connectivity index (χ3v) is 2.85. The van der Waals surface area contributed by atoms with Crippen LogP contribution in [0.2, 0.25) is 0 Å². The Balaban J connectivity index is 2.41. The van der Waals surface area contributed by atoms with E-state index in [2.05, 4.69) is 26.2 Å². The number of alkyl halides is 4. The number of hydrogen-bond acceptors (Lipinski definition) is 1. The Labute approximate surface area is 97.1 Å². The fraction of sp³-hybridized carbons (Fsp3) is 0.250. The average Bonchev–Trinajstić information content (AvgIpc) is 2.44. The van der Waals surface area contributed by atoms with Crippen molar-refractivity contribution in [3.05, 3.63) is 23.4 Å². The molecule has 0 aromatic rings. The number of allylic oxidation sites excluding steroid dienone is 4. The van der Waals surface area contributed by atoms with Crippen LogP contribution in [0.25, 0.3) is 0 Å². The number of aliphatic imine (C=N–C) groups is 1. The molecule has 0 saturated carbocycles. The van der Waals surface area contributed by atoms with E-state index in [-0.39, 0.29) is 5.11 Å². The van der Waals surface area contributed by atoms with Crippen LogP contribution < -0.4 is 5.32 Å². The number of thiocarbonyl (C=S) groups is 1. The lowest BCUT2D eigenvalue weighted by atomic mass is 10.0. The summed E-state index contributed by atoms with van der Waals surface area (Å²) >= 11 is 7.86. The van der Waals surface area contributed by atoms with Crippen LogP contribution in [-0.4, -0.2) is 21.8 Å². The lowest BCUT2D eigenvalue weighted by Gasteiger charge is -2.17. The molecule has 2 rings (SSSR count). The van der Waals surface area contributed by atoms with Crippen molar-refractivity contribution in [2.24, 2.45) is 4.99 Å². The number of nitrogens with one attached hydrogen (secondary N) is 1. The van der Waals surface area contributed by atoms with Crippen LogP contribution in [0.15, 0.2) is 28.4 Å². The summed E-state index contributed by atoms with van der Waals surface area (Å²) in [7, 11) is 0. The zero-order valence-corrected chi connectivity index (χ0v) is 9.50. The minimum atomic E-state index is -4.35. The van der Waals surface area contributed by atoms with Gasteiger partial charge < -0.3 is 5.32 Å². The zero-order valence-electron chi connectivity index (χ0n) is 7.10. The molecule has 0 bridgehead atoms. The van der Waals surface area contributed by atoms with Gasteiger partial charge in [0, 0.05) is 0 Å². The molecular weight excluding hydrogens is 293 g/mol. The Morgan fingerprint density at radius 1 is 1.47 bits per heavy atom. The number of halogens is 4. The van der Waals surface area contributed by atoms with Gasteiger partial charge in [-0.3, -0.25) is 0 Å². The van der Waals surface area contributed by atoms with Gasteiger partial charge in [0.1, 0.15) is 0 Å². The van der Waals surface area contributed by atoms with Crippen molar-refractivity contribution in [1.82, 2.24) is 5.32 Å². The zero-order chi connectivity index (χ0) is 11.2. The van der Waals surface area contributed by atoms with Gasteiger partial charge in [-0.2, -0.15) is 13.2 Å². The van der Waals surface area contributed by atoms with Gasteiger partial charge in [-0.25, -0.2) is 4.99 Å². The maximum Gasteiger partial charge on any atom is 0.416 e. The maximum absolute atomic E-state index is 12.4. The molecule has 1 atom stereocenters. The molecule has 1 aliphatic carbocycles. The van der Waals surface area contributed by atoms with Crippen LogP contribution in [0.3, 0.4) is 0 Å². The predicted molar refractivity (Wildman–Crippen MR) is 58.1 cm³/mol. The number of fused-ring (bicyclic) bond motifs is 1. The normalized spacial score (nSPS) is 25.2. The van der Waals surface area contributed by atoms with Gasteiger partial charge in [-0.15, -0.1) is 0 Å². The van der Waals surface area contributed by atoms with Gasteiger partial charge in [-0.05, 0) is 18.3 Å². The molecule has 0 aromatic carbocycles. The summed E-state index contributed by atoms with van der Waals surface area (Å²) in [4.78, 5) is 3.36. The van der Waals surface area contributed by atoms with E-state index in [1.54, 1.807) is 0 Å². The molecule has 2 nitrogen and oxygen atoms in total. The van der Waals surface area contributed by atoms with Gasteiger partial charge in [0.25, 0.3) is 0 Å². The molecule has 1 aliphatic heterocycles. The van der Waals surface area contributed by atoms with Crippen LogP contribution in [0.5, 0.6) is 0 Å². The highest BCUT2D eigenvalue weighted by atomic mass is 79.9. The highest BCUT2D eigenvalue weighted by Crippen LogP contribution is 2.33. The molecule has 0 fully saturated rings. The van der Waals surface area contributed by atoms with Crippen molar-refractivity contribution in [1.29, 1.82) is 0 Å². The third kappa shape index (κ3) is 1.98. The summed E-state index contributed by atoms with van der Waals surface area (Å²) in [6.45, 7) is 0. The predicted octanol–water partition coefficient (Wildman–Crippen LogP) is 2.47. The quantitative estimate of drug-likeness (QED) is 0.549. The molecule has 0 radical (unpaired) electrons. The van der Waals surface area contributed by atoms with E-state index >= 15 is 0 Å². The molecule has 0 amide bonds. The van der Waals surface area contributed by atoms with E-state index < -0.39 is 16.6 Å². The Kier molecular flexibility index (Phi) is 2.46. The second-order valence-electron chi connectivity index (χ2n) is 3.01. The van der Waals surface area contributed by atoms with Gasteiger partial charge in [0.15, 0.2) is 5.11 Å². The summed E-state index contributed by atoms with van der Waals surface area (Å²) in [5.74, 6) is 0. The Hall–Kier alpha value is -0.690. The average molecular weight is 297 g/mol. The van der Waals surface area contributed by atoms with Crippen LogP contribution in [0.4, 0.5) is 13.2 Å². The Morgan fingerprint density at radius 2 is 2.13 bits per heavy atom. The van der Waals surface area contributed by atoms with Crippen LogP contribution in [0, 0.1) is 0 Å². The van der Waals surface area contributed by atoms with Crippen molar-refractivity contribution in [3.63, 3.8) is 0 Å². The van der Waals surface area contributed by atoms with E-state index in [4.69, 9.17) is 12.2 Å². The second-order valence-corrected chi connectivity index (χ2v) is 4.38. The first kappa shape index (κ1) is 10.8. The van der Waals surface area contributed by atoms with E-state index in [9.17, 15) is 13.2 Å². The topological polar surface area (TPSA) is 24.4 Å². The third-order valence-electron chi connectivity index (χ3n) is 1.95. The van der Waals surface area contributed by atoms with E-state index in [0.29, 0.717) is 11.4 Å². The molecule has 1 heterocycles. The molecule has 1 unspecified atom stereocenters. The standard InChI is InChI=1S/C8H4BrF3N2S/c9-4-1-3(8(10,11)12)2-5-6(4)14-7(15)13-5/h1-2,4H,(H,13,15). The maximum atomic E-state index is 12.4. The minimum Gasteiger partial charge on any atom is -0.329 e. The minimum absolute atomic E-state index is 0.192. The lowest BCUT2D eigenvalue weighted by molar-refractivity contribution is -0.0884. The van der Waals surface area contributed by atoms with Crippen LogP contribution >= 0.6 is 28.1 Å². The van der Waals surface area contributed by atoms with Crippen molar-refractivity contribution < 1.29 is 13.2 Å². The highest BCUT2D eigenvalue weighted by molar-refractivity contribution is 9.10. The molecule has 80 valence electrons. The number of hydrogen-bond donors (Lipinski definition) is 1. The van der Waals surface area contributed by atoms with Crippen molar-refractivity contribution in [2.75, 3.05) is 0 Å². The van der Waals surface area contributed by atoms with Gasteiger partial charge in [0.05, 0.1) is 21.8 Å². The Bertz CT molecular complexity index is 422. The van der Waals surface area contributed by atoms with Crippen molar-refractivity contribution in [2.45, 2.75) is 11.0 Å². The molecular formula is C8H4BrF3N2S. The first-order valence-electron chi connectivity index (χ1n) is 3.92. The summed E-state index contributed by atoms with van der Waals surface area (Å²) in [6.07, 6.45) is -2.27. The fourth-order valence-electron chi connectivity index (χ4n) is 1.31. The second kappa shape index (κ2) is 3.41. The smallest absolute Gasteiger partial charge is 0.329 e. The van der Waals surface area contributed by atoms with Crippen molar-refractivity contribution >= 4 is 39.0 Å². The monoisotopic (exact) mass is 296 g/mol. The molecule has 2 aliphatic rings. The summed E-state index contributed by atoms with van der Waals surface area (Å²) in [5, 5.41) is 2.80. The van der Waals surface area contributed by atoms with Gasteiger partial charge in [-0.1, -0.05) is 22.0 Å². The summed E-state index contributed by atoms with van der Waals surface area (Å²) < 4.78 is 37.3. The number of nitrogens with zero attached hydrogens (tertiary/aromatic N) is 1. The molecule has 0 saturated heterocycles. The SMILES string of the molecule is FC(F)(F)C1=CC(Br)C2=NC(=S)NC2=C1. The molecule has 1 N–H and O–H groups in total. The molecule has 7 heteroatoms.